The van der Waals surface area contributed by atoms with E-state index in [1.54, 1.807) is 19.2 Å². The fraction of sp³-hybridized carbons (Fsp3) is 0.105. The van der Waals surface area contributed by atoms with Crippen molar-refractivity contribution in [3.05, 3.63) is 59.8 Å². The second-order valence-corrected chi connectivity index (χ2v) is 6.67. The fourth-order valence-corrected chi connectivity index (χ4v) is 3.55. The van der Waals surface area contributed by atoms with Crippen molar-refractivity contribution in [2.45, 2.75) is 6.92 Å². The van der Waals surface area contributed by atoms with Crippen LogP contribution in [0.5, 0.6) is 5.75 Å². The first-order chi connectivity index (χ1) is 12.1. The van der Waals surface area contributed by atoms with Crippen molar-refractivity contribution in [1.82, 2.24) is 9.97 Å². The minimum atomic E-state index is -0.205. The van der Waals surface area contributed by atoms with E-state index in [0.29, 0.717) is 16.4 Å². The van der Waals surface area contributed by atoms with E-state index >= 15 is 0 Å². The highest BCUT2D eigenvalue weighted by atomic mass is 32.1. The number of benzene rings is 2. The Morgan fingerprint density at radius 2 is 1.96 bits per heavy atom. The van der Waals surface area contributed by atoms with Gasteiger partial charge in [0, 0.05) is 16.6 Å². The average molecular weight is 349 g/mol. The van der Waals surface area contributed by atoms with Crippen molar-refractivity contribution in [1.29, 1.82) is 0 Å². The van der Waals surface area contributed by atoms with Gasteiger partial charge in [-0.05, 0) is 37.3 Å². The zero-order valence-electron chi connectivity index (χ0n) is 13.7. The fourth-order valence-electron chi connectivity index (χ4n) is 2.67. The molecule has 0 aliphatic heterocycles. The molecule has 2 aromatic carbocycles. The molecule has 0 atom stereocenters. The van der Waals surface area contributed by atoms with E-state index in [4.69, 9.17) is 4.74 Å². The van der Waals surface area contributed by atoms with E-state index < -0.39 is 0 Å². The standard InChI is InChI=1S/C19H15N3O2S/c1-11-6-7-12-8-9-13(10-14(12)20-11)18(23)22-19-21-17-15(24-2)4-3-5-16(17)25-19/h3-10H,1-2H3,(H,21,22,23). The number of methoxy groups -OCH3 is 1. The molecule has 1 N–H and O–H groups in total. The van der Waals surface area contributed by atoms with Crippen LogP contribution in [0, 0.1) is 6.92 Å². The molecular weight excluding hydrogens is 334 g/mol. The topological polar surface area (TPSA) is 64.1 Å². The van der Waals surface area contributed by atoms with Gasteiger partial charge in [0.1, 0.15) is 11.3 Å². The second kappa shape index (κ2) is 6.14. The lowest BCUT2D eigenvalue weighted by molar-refractivity contribution is 0.102. The van der Waals surface area contributed by atoms with Crippen LogP contribution in [-0.2, 0) is 0 Å². The van der Waals surface area contributed by atoms with Crippen LogP contribution in [0.1, 0.15) is 16.1 Å². The van der Waals surface area contributed by atoms with Crippen LogP contribution in [0.2, 0.25) is 0 Å². The lowest BCUT2D eigenvalue weighted by Gasteiger charge is -2.04. The Morgan fingerprint density at radius 3 is 2.80 bits per heavy atom. The Bertz CT molecular complexity index is 1100. The SMILES string of the molecule is COc1cccc2sc(NC(=O)c3ccc4ccc(C)nc4c3)nc12. The number of thiazole rings is 1. The lowest BCUT2D eigenvalue weighted by atomic mass is 10.1. The van der Waals surface area contributed by atoms with Crippen LogP contribution < -0.4 is 10.1 Å². The summed E-state index contributed by atoms with van der Waals surface area (Å²) in [6.07, 6.45) is 0. The number of nitrogens with one attached hydrogen (secondary N) is 1. The molecule has 0 unspecified atom stereocenters. The van der Waals surface area contributed by atoms with E-state index in [0.717, 1.165) is 26.8 Å². The van der Waals surface area contributed by atoms with Crippen LogP contribution in [0.4, 0.5) is 5.13 Å². The van der Waals surface area contributed by atoms with Crippen molar-refractivity contribution in [2.24, 2.45) is 0 Å². The molecule has 5 nitrogen and oxygen atoms in total. The van der Waals surface area contributed by atoms with Crippen LogP contribution in [0.3, 0.4) is 0 Å². The van der Waals surface area contributed by atoms with E-state index in [2.05, 4.69) is 15.3 Å². The Morgan fingerprint density at radius 1 is 1.12 bits per heavy atom. The normalized spacial score (nSPS) is 11.0. The van der Waals surface area contributed by atoms with E-state index in [-0.39, 0.29) is 5.91 Å². The number of pyridine rings is 1. The van der Waals surface area contributed by atoms with Gasteiger partial charge in [0.2, 0.25) is 0 Å². The summed E-state index contributed by atoms with van der Waals surface area (Å²) in [5.41, 5.74) is 3.03. The maximum atomic E-state index is 12.6. The monoisotopic (exact) mass is 349 g/mol. The van der Waals surface area contributed by atoms with Gasteiger partial charge < -0.3 is 4.74 Å². The zero-order chi connectivity index (χ0) is 17.4. The molecule has 0 fully saturated rings. The number of aromatic nitrogens is 2. The first kappa shape index (κ1) is 15.5. The number of para-hydroxylation sites is 1. The number of amides is 1. The molecule has 25 heavy (non-hydrogen) atoms. The highest BCUT2D eigenvalue weighted by Gasteiger charge is 2.13. The smallest absolute Gasteiger partial charge is 0.257 e. The van der Waals surface area contributed by atoms with Crippen LogP contribution in [-0.4, -0.2) is 23.0 Å². The number of hydrogen-bond donors (Lipinski definition) is 1. The third-order valence-electron chi connectivity index (χ3n) is 3.92. The third-order valence-corrected chi connectivity index (χ3v) is 4.85. The van der Waals surface area contributed by atoms with E-state index in [9.17, 15) is 4.79 Å². The number of hydrogen-bond acceptors (Lipinski definition) is 5. The molecule has 0 saturated heterocycles. The Hall–Kier alpha value is -2.99. The largest absolute Gasteiger partial charge is 0.494 e. The highest BCUT2D eigenvalue weighted by Crippen LogP contribution is 2.32. The minimum absolute atomic E-state index is 0.205. The van der Waals surface area contributed by atoms with Crippen molar-refractivity contribution in [3.8, 4) is 5.75 Å². The molecule has 4 aromatic rings. The maximum Gasteiger partial charge on any atom is 0.257 e. The van der Waals surface area contributed by atoms with E-state index in [1.807, 2.05) is 43.3 Å². The summed E-state index contributed by atoms with van der Waals surface area (Å²) in [5, 5.41) is 4.41. The molecule has 0 spiro atoms. The van der Waals surface area contributed by atoms with Crippen LogP contribution >= 0.6 is 11.3 Å². The maximum absolute atomic E-state index is 12.6. The molecule has 0 radical (unpaired) electrons. The zero-order valence-corrected chi connectivity index (χ0v) is 14.6. The Labute approximate surface area is 148 Å². The van der Waals surface area contributed by atoms with Gasteiger partial charge in [-0.2, -0.15) is 0 Å². The molecule has 0 aliphatic rings. The molecule has 0 saturated carbocycles. The molecule has 0 bridgehead atoms. The van der Waals surface area contributed by atoms with Gasteiger partial charge in [0.15, 0.2) is 5.13 Å². The number of anilines is 1. The molecular formula is C19H15N3O2S. The average Bonchev–Trinajstić information content (AvgIpc) is 3.03. The summed E-state index contributed by atoms with van der Waals surface area (Å²) < 4.78 is 6.28. The minimum Gasteiger partial charge on any atom is -0.494 e. The van der Waals surface area contributed by atoms with Gasteiger partial charge in [-0.15, -0.1) is 0 Å². The van der Waals surface area contributed by atoms with Crippen molar-refractivity contribution < 1.29 is 9.53 Å². The summed E-state index contributed by atoms with van der Waals surface area (Å²) in [4.78, 5) is 21.5. The van der Waals surface area contributed by atoms with Gasteiger partial charge in [0.25, 0.3) is 5.91 Å². The molecule has 2 aromatic heterocycles. The quantitative estimate of drug-likeness (QED) is 0.595. The first-order valence-electron chi connectivity index (χ1n) is 7.76. The predicted octanol–water partition coefficient (Wildman–Crippen LogP) is 4.41. The molecule has 0 aliphatic carbocycles. The predicted molar refractivity (Wildman–Crippen MR) is 101 cm³/mol. The van der Waals surface area contributed by atoms with Gasteiger partial charge >= 0.3 is 0 Å². The summed E-state index contributed by atoms with van der Waals surface area (Å²) in [6, 6.07) is 15.2. The number of carbonyl (C=O) groups excluding carboxylic acids is 1. The number of rotatable bonds is 3. The van der Waals surface area contributed by atoms with Crippen LogP contribution in [0.15, 0.2) is 48.5 Å². The van der Waals surface area contributed by atoms with Gasteiger partial charge in [-0.1, -0.05) is 29.5 Å². The first-order valence-corrected chi connectivity index (χ1v) is 8.58. The van der Waals surface area contributed by atoms with E-state index in [1.165, 1.54) is 11.3 Å². The number of aryl methyl sites for hydroxylation is 1. The second-order valence-electron chi connectivity index (χ2n) is 5.64. The number of ether oxygens (including phenoxy) is 1. The van der Waals surface area contributed by atoms with Gasteiger partial charge in [0.05, 0.1) is 17.3 Å². The molecule has 124 valence electrons. The molecule has 4 rings (SSSR count). The van der Waals surface area contributed by atoms with Crippen LogP contribution in [0.25, 0.3) is 21.1 Å². The summed E-state index contributed by atoms with van der Waals surface area (Å²) >= 11 is 1.42. The Balaban J connectivity index is 1.65. The molecule has 2 heterocycles. The van der Waals surface area contributed by atoms with Crippen molar-refractivity contribution in [3.63, 3.8) is 0 Å². The Kier molecular flexibility index (Phi) is 3.82. The highest BCUT2D eigenvalue weighted by molar-refractivity contribution is 7.22. The number of carbonyl (C=O) groups is 1. The molecule has 1 amide bonds. The summed E-state index contributed by atoms with van der Waals surface area (Å²) in [6.45, 7) is 1.93. The summed E-state index contributed by atoms with van der Waals surface area (Å²) in [7, 11) is 1.61. The third kappa shape index (κ3) is 2.92. The van der Waals surface area contributed by atoms with Crippen molar-refractivity contribution in [2.75, 3.05) is 12.4 Å². The summed E-state index contributed by atoms with van der Waals surface area (Å²) in [5.74, 6) is 0.489. The number of fused-ring (bicyclic) bond motifs is 2. The number of nitrogens with zero attached hydrogens (tertiary/aromatic N) is 2. The molecule has 6 heteroatoms. The van der Waals surface area contributed by atoms with Gasteiger partial charge in [-0.25, -0.2) is 4.98 Å². The van der Waals surface area contributed by atoms with Gasteiger partial charge in [-0.3, -0.25) is 15.1 Å². The van der Waals surface area contributed by atoms with Crippen molar-refractivity contribution >= 4 is 43.5 Å². The lowest BCUT2D eigenvalue weighted by Crippen LogP contribution is -2.11.